The van der Waals surface area contributed by atoms with Crippen LogP contribution in [0.3, 0.4) is 0 Å². The molecular weight excluding hydrogens is 528 g/mol. The van der Waals surface area contributed by atoms with Gasteiger partial charge >= 0.3 is 5.63 Å². The fourth-order valence-electron chi connectivity index (χ4n) is 4.54. The number of aromatic hydroxyl groups is 1. The maximum absolute atomic E-state index is 14.1. The third kappa shape index (κ3) is 6.51. The summed E-state index contributed by atoms with van der Waals surface area (Å²) in [5.41, 5.74) is 0.537. The lowest BCUT2D eigenvalue weighted by Gasteiger charge is -2.19. The summed E-state index contributed by atoms with van der Waals surface area (Å²) >= 11 is 0. The van der Waals surface area contributed by atoms with E-state index in [1.165, 1.54) is 24.3 Å². The molecule has 0 bridgehead atoms. The summed E-state index contributed by atoms with van der Waals surface area (Å²) in [4.78, 5) is 25.7. The normalized spacial score (nSPS) is 11.8. The minimum absolute atomic E-state index is 0.0770. The molecule has 10 heteroatoms. The first-order valence-corrected chi connectivity index (χ1v) is 12.4. The van der Waals surface area contributed by atoms with Crippen LogP contribution in [-0.4, -0.2) is 24.1 Å². The number of hydrogen-bond acceptors (Lipinski definition) is 5. The minimum atomic E-state index is -1.71. The number of carbonyl (C=O) groups excluding carboxylic acids is 1. The Kier molecular flexibility index (Phi) is 8.57. The maximum atomic E-state index is 14.1. The maximum Gasteiger partial charge on any atom is 0.343 e. The van der Waals surface area contributed by atoms with Gasteiger partial charge in [0.15, 0.2) is 17.5 Å². The largest absolute Gasteiger partial charge is 0.507 e. The zero-order chi connectivity index (χ0) is 29.0. The fraction of sp³-hybridized carbons (Fsp3) is 0.200. The Labute approximate surface area is 227 Å². The summed E-state index contributed by atoms with van der Waals surface area (Å²) in [6, 6.07) is 12.1. The second-order valence-corrected chi connectivity index (χ2v) is 9.40. The lowest BCUT2D eigenvalue weighted by Crippen LogP contribution is -2.33. The molecule has 3 aromatic carbocycles. The van der Waals surface area contributed by atoms with Crippen LogP contribution in [0.1, 0.15) is 34.6 Å². The Balaban J connectivity index is 1.49. The minimum Gasteiger partial charge on any atom is -0.507 e. The highest BCUT2D eigenvalue weighted by atomic mass is 19.2. The van der Waals surface area contributed by atoms with Crippen molar-refractivity contribution in [1.82, 2.24) is 10.6 Å². The van der Waals surface area contributed by atoms with Gasteiger partial charge in [-0.2, -0.15) is 0 Å². The molecule has 208 valence electrons. The van der Waals surface area contributed by atoms with Gasteiger partial charge in [0, 0.05) is 37.5 Å². The highest BCUT2D eigenvalue weighted by Gasteiger charge is 2.28. The van der Waals surface area contributed by atoms with Crippen LogP contribution in [0.2, 0.25) is 0 Å². The third-order valence-corrected chi connectivity index (χ3v) is 6.31. The third-order valence-electron chi connectivity index (χ3n) is 6.31. The van der Waals surface area contributed by atoms with Crippen molar-refractivity contribution in [1.29, 1.82) is 0 Å². The molecule has 40 heavy (non-hydrogen) atoms. The molecule has 1 amide bonds. The summed E-state index contributed by atoms with van der Waals surface area (Å²) < 4.78 is 60.8. The van der Waals surface area contributed by atoms with Gasteiger partial charge in [0.05, 0.1) is 10.9 Å². The van der Waals surface area contributed by atoms with Crippen LogP contribution < -0.4 is 16.3 Å². The second-order valence-electron chi connectivity index (χ2n) is 9.40. The van der Waals surface area contributed by atoms with E-state index in [2.05, 4.69) is 17.2 Å². The predicted octanol–water partition coefficient (Wildman–Crippen LogP) is 5.35. The Morgan fingerprint density at radius 1 is 1.00 bits per heavy atom. The van der Waals surface area contributed by atoms with Crippen LogP contribution in [-0.2, 0) is 11.2 Å². The van der Waals surface area contributed by atoms with Crippen molar-refractivity contribution < 1.29 is 31.9 Å². The Bertz CT molecular complexity index is 1610. The summed E-state index contributed by atoms with van der Waals surface area (Å²) in [5.74, 6) is -7.57. The van der Waals surface area contributed by atoms with Gasteiger partial charge in [0.25, 0.3) is 0 Å². The molecule has 0 aliphatic carbocycles. The molecule has 6 nitrogen and oxygen atoms in total. The molecule has 1 atom stereocenters. The number of allylic oxidation sites excluding steroid dienone is 1. The molecule has 3 N–H and O–H groups in total. The summed E-state index contributed by atoms with van der Waals surface area (Å²) in [6.07, 6.45) is -0.141. The van der Waals surface area contributed by atoms with Gasteiger partial charge in [-0.25, -0.2) is 22.4 Å². The highest BCUT2D eigenvalue weighted by molar-refractivity contribution is 5.85. The molecule has 0 spiro atoms. The Morgan fingerprint density at radius 3 is 2.38 bits per heavy atom. The van der Waals surface area contributed by atoms with Crippen LogP contribution >= 0.6 is 0 Å². The zero-order valence-electron chi connectivity index (χ0n) is 21.5. The van der Waals surface area contributed by atoms with Gasteiger partial charge in [-0.05, 0) is 60.0 Å². The zero-order valence-corrected chi connectivity index (χ0v) is 21.5. The van der Waals surface area contributed by atoms with Gasteiger partial charge in [0.2, 0.25) is 5.91 Å². The number of benzene rings is 3. The van der Waals surface area contributed by atoms with Gasteiger partial charge in [-0.15, -0.1) is 0 Å². The van der Waals surface area contributed by atoms with Crippen LogP contribution in [0.15, 0.2) is 76.1 Å². The van der Waals surface area contributed by atoms with E-state index in [9.17, 15) is 32.3 Å². The molecule has 1 aromatic heterocycles. The van der Waals surface area contributed by atoms with Gasteiger partial charge in [-0.3, -0.25) is 4.79 Å². The number of para-hydroxylation sites is 1. The number of halogens is 4. The molecule has 1 heterocycles. The van der Waals surface area contributed by atoms with Crippen molar-refractivity contribution in [3.05, 3.63) is 123 Å². The number of aryl methyl sites for hydroxylation is 1. The first-order valence-electron chi connectivity index (χ1n) is 12.4. The quantitative estimate of drug-likeness (QED) is 0.106. The van der Waals surface area contributed by atoms with Crippen LogP contribution in [0.25, 0.3) is 11.0 Å². The molecule has 4 aromatic rings. The van der Waals surface area contributed by atoms with Crippen molar-refractivity contribution in [2.75, 3.05) is 13.1 Å². The molecule has 1 unspecified atom stereocenters. The molecule has 0 aliphatic rings. The van der Waals surface area contributed by atoms with E-state index in [4.69, 9.17) is 4.42 Å². The average Bonchev–Trinajstić information content (AvgIpc) is 2.88. The van der Waals surface area contributed by atoms with Crippen LogP contribution in [0, 0.1) is 30.2 Å². The Hall–Kier alpha value is -4.60. The van der Waals surface area contributed by atoms with Crippen LogP contribution in [0.4, 0.5) is 17.6 Å². The van der Waals surface area contributed by atoms with E-state index < -0.39 is 52.6 Å². The van der Waals surface area contributed by atoms with E-state index >= 15 is 0 Å². The highest BCUT2D eigenvalue weighted by Crippen LogP contribution is 2.36. The molecule has 0 saturated carbocycles. The number of nitrogens with one attached hydrogen (secondary N) is 2. The summed E-state index contributed by atoms with van der Waals surface area (Å²) in [7, 11) is 0. The number of amides is 1. The van der Waals surface area contributed by atoms with E-state index in [1.54, 1.807) is 19.1 Å². The van der Waals surface area contributed by atoms with E-state index in [0.29, 0.717) is 24.3 Å². The second kappa shape index (κ2) is 12.1. The molecule has 0 fully saturated rings. The van der Waals surface area contributed by atoms with Gasteiger partial charge in [0.1, 0.15) is 17.1 Å². The van der Waals surface area contributed by atoms with Gasteiger partial charge in [-0.1, -0.05) is 24.8 Å². The van der Waals surface area contributed by atoms with E-state index in [-0.39, 0.29) is 35.4 Å². The average molecular weight is 555 g/mol. The number of hydrogen-bond donors (Lipinski definition) is 3. The lowest BCUT2D eigenvalue weighted by molar-refractivity contribution is -0.121. The number of fused-ring (bicyclic) bond motifs is 1. The lowest BCUT2D eigenvalue weighted by atomic mass is 9.87. The first kappa shape index (κ1) is 28.4. The monoisotopic (exact) mass is 554 g/mol. The molecular formula is C30H26F4N2O4. The smallest absolute Gasteiger partial charge is 0.343 e. The van der Waals surface area contributed by atoms with Crippen molar-refractivity contribution in [2.45, 2.75) is 25.7 Å². The van der Waals surface area contributed by atoms with Crippen molar-refractivity contribution in [2.24, 2.45) is 0 Å². The molecule has 0 radical (unpaired) electrons. The van der Waals surface area contributed by atoms with Crippen LogP contribution in [0.5, 0.6) is 5.75 Å². The summed E-state index contributed by atoms with van der Waals surface area (Å²) in [6.45, 7) is 6.05. The fourth-order valence-corrected chi connectivity index (χ4v) is 4.54. The molecule has 0 aliphatic heterocycles. The van der Waals surface area contributed by atoms with E-state index in [1.807, 2.05) is 6.07 Å². The SMILES string of the molecule is C=C(Cc1cc(C)cc(F)c1)NCCNC(=O)CC(c1cc(F)c(F)c(F)c1)c1c(O)c2ccccc2oc1=O. The van der Waals surface area contributed by atoms with Crippen molar-refractivity contribution in [3.8, 4) is 5.75 Å². The van der Waals surface area contributed by atoms with Crippen molar-refractivity contribution >= 4 is 16.9 Å². The summed E-state index contributed by atoms with van der Waals surface area (Å²) in [5, 5.41) is 16.7. The Morgan fingerprint density at radius 2 is 1.68 bits per heavy atom. The predicted molar refractivity (Wildman–Crippen MR) is 142 cm³/mol. The van der Waals surface area contributed by atoms with Gasteiger partial charge < -0.3 is 20.2 Å². The number of carbonyl (C=O) groups is 1. The topological polar surface area (TPSA) is 91.6 Å². The first-order chi connectivity index (χ1) is 19.0. The van der Waals surface area contributed by atoms with Crippen molar-refractivity contribution in [3.63, 3.8) is 0 Å². The number of rotatable bonds is 10. The standard InChI is InChI=1S/C30H26F4N2O4/c1-16-9-18(12-20(31)10-16)11-17(2)35-7-8-36-26(37)15-22(19-13-23(32)28(34)24(33)14-19)27-29(38)21-5-3-4-6-25(21)40-30(27)39/h3-6,9-10,12-14,22,35,38H,2,7-8,11,15H2,1H3,(H,36,37). The molecule has 4 rings (SSSR count). The molecule has 0 saturated heterocycles. The van der Waals surface area contributed by atoms with E-state index in [0.717, 1.165) is 11.1 Å².